The second-order valence-electron chi connectivity index (χ2n) is 13.4. The lowest BCUT2D eigenvalue weighted by Crippen LogP contribution is -2.49. The number of rotatable bonds is 10. The molecule has 2 aromatic heterocycles. The van der Waals surface area contributed by atoms with E-state index < -0.39 is 47.0 Å². The van der Waals surface area contributed by atoms with Crippen molar-refractivity contribution in [3.63, 3.8) is 0 Å². The largest absolute Gasteiger partial charge is 0.444 e. The number of anilines is 1. The van der Waals surface area contributed by atoms with E-state index in [1.54, 1.807) is 20.8 Å². The molecular formula is C38H39F3N6O4. The van der Waals surface area contributed by atoms with Crippen molar-refractivity contribution in [1.29, 1.82) is 0 Å². The van der Waals surface area contributed by atoms with Crippen molar-refractivity contribution in [3.8, 4) is 0 Å². The van der Waals surface area contributed by atoms with Crippen LogP contribution in [0.15, 0.2) is 85.2 Å². The second-order valence-corrected chi connectivity index (χ2v) is 13.4. The Morgan fingerprint density at radius 2 is 1.63 bits per heavy atom. The van der Waals surface area contributed by atoms with Gasteiger partial charge in [-0.15, -0.1) is 0 Å². The number of carbonyl (C=O) groups excluding carboxylic acids is 2. The molecule has 10 nitrogen and oxygen atoms in total. The zero-order valence-corrected chi connectivity index (χ0v) is 28.4. The fraction of sp³-hybridized carbons (Fsp3) is 0.316. The summed E-state index contributed by atoms with van der Waals surface area (Å²) in [6, 6.07) is 17.1. The van der Waals surface area contributed by atoms with Crippen LogP contribution in [0.1, 0.15) is 61.7 Å². The van der Waals surface area contributed by atoms with Crippen molar-refractivity contribution in [2.75, 3.05) is 18.5 Å². The predicted molar refractivity (Wildman–Crippen MR) is 186 cm³/mol. The smallest absolute Gasteiger partial charge is 0.408 e. The maximum Gasteiger partial charge on any atom is 0.408 e. The van der Waals surface area contributed by atoms with Crippen LogP contribution in [-0.2, 0) is 20.7 Å². The van der Waals surface area contributed by atoms with E-state index in [0.29, 0.717) is 30.7 Å². The van der Waals surface area contributed by atoms with Crippen LogP contribution in [-0.4, -0.2) is 57.9 Å². The molecule has 1 saturated heterocycles. The average molecular weight is 701 g/mol. The van der Waals surface area contributed by atoms with E-state index in [4.69, 9.17) is 9.47 Å². The third kappa shape index (κ3) is 8.91. The minimum Gasteiger partial charge on any atom is -0.444 e. The number of imidazole rings is 1. The molecule has 2 amide bonds. The second kappa shape index (κ2) is 15.3. The molecule has 1 fully saturated rings. The Balaban J connectivity index is 1.21. The van der Waals surface area contributed by atoms with Crippen molar-refractivity contribution in [2.24, 2.45) is 0 Å². The number of pyridine rings is 1. The summed E-state index contributed by atoms with van der Waals surface area (Å²) in [6.45, 7) is 5.88. The Labute approximate surface area is 293 Å². The Bertz CT molecular complexity index is 1890. The van der Waals surface area contributed by atoms with Gasteiger partial charge < -0.3 is 30.4 Å². The fourth-order valence-electron chi connectivity index (χ4n) is 6.11. The highest BCUT2D eigenvalue weighted by molar-refractivity contribution is 5.98. The Hall–Kier alpha value is -5.27. The number of nitrogens with zero attached hydrogens (tertiary/aromatic N) is 2. The summed E-state index contributed by atoms with van der Waals surface area (Å²) in [4.78, 5) is 39.3. The van der Waals surface area contributed by atoms with Gasteiger partial charge in [0, 0.05) is 18.0 Å². The molecule has 3 aromatic carbocycles. The van der Waals surface area contributed by atoms with E-state index in [0.717, 1.165) is 23.1 Å². The fourth-order valence-corrected chi connectivity index (χ4v) is 6.11. The van der Waals surface area contributed by atoms with Crippen LogP contribution >= 0.6 is 0 Å². The number of alkyl carbamates (subject to hydrolysis) is 1. The number of H-pyrrole nitrogens is 1. The van der Waals surface area contributed by atoms with Gasteiger partial charge in [-0.1, -0.05) is 36.4 Å². The van der Waals surface area contributed by atoms with Gasteiger partial charge in [-0.05, 0) is 81.1 Å². The summed E-state index contributed by atoms with van der Waals surface area (Å²) in [5.41, 5.74) is 2.14. The molecule has 6 rings (SSSR count). The van der Waals surface area contributed by atoms with Crippen molar-refractivity contribution in [3.05, 3.63) is 125 Å². The highest BCUT2D eigenvalue weighted by Crippen LogP contribution is 2.31. The number of hydrogen-bond acceptors (Lipinski definition) is 7. The standard InChI is InChI=1S/C38H39F3N6O4/c1-38(2,3)51-37(49)47-34(33(22-8-12-24(39)13-9-22)23-10-14-25(40)15-11-23)36(48)46-31-20-42-19-28(41)27(31)17-16-26-18-43-32(21-50-26)35-44-29-6-4-5-7-30(29)45-35/h4-15,19-20,26,32-34,43H,16-18,21H2,1-3H3,(H,44,45)(H,46,48)(H,47,49). The van der Waals surface area contributed by atoms with Gasteiger partial charge in [-0.2, -0.15) is 0 Å². The van der Waals surface area contributed by atoms with Crippen molar-refractivity contribution in [2.45, 2.75) is 63.3 Å². The first-order valence-corrected chi connectivity index (χ1v) is 16.7. The average Bonchev–Trinajstić information content (AvgIpc) is 3.53. The molecule has 3 atom stereocenters. The Morgan fingerprint density at radius 1 is 0.961 bits per heavy atom. The monoisotopic (exact) mass is 700 g/mol. The first kappa shape index (κ1) is 35.6. The first-order chi connectivity index (χ1) is 24.4. The lowest BCUT2D eigenvalue weighted by Gasteiger charge is -2.30. The van der Waals surface area contributed by atoms with Gasteiger partial charge in [-0.3, -0.25) is 9.78 Å². The van der Waals surface area contributed by atoms with E-state index in [1.807, 2.05) is 24.3 Å². The lowest BCUT2D eigenvalue weighted by atomic mass is 9.84. The van der Waals surface area contributed by atoms with Crippen LogP contribution < -0.4 is 16.0 Å². The quantitative estimate of drug-likeness (QED) is 0.128. The zero-order valence-electron chi connectivity index (χ0n) is 28.4. The maximum absolute atomic E-state index is 15.4. The molecule has 0 radical (unpaired) electrons. The summed E-state index contributed by atoms with van der Waals surface area (Å²) in [5.74, 6) is -2.51. The highest BCUT2D eigenvalue weighted by atomic mass is 19.1. The molecule has 13 heteroatoms. The SMILES string of the molecule is CC(C)(C)OC(=O)NC(C(=O)Nc1cncc(F)c1CCC1CNC(c2nc3ccccc3[nH]2)CO1)C(c1ccc(F)cc1)c1ccc(F)cc1. The highest BCUT2D eigenvalue weighted by Gasteiger charge is 2.35. The number of halogens is 3. The van der Waals surface area contributed by atoms with Crippen molar-refractivity contribution < 1.29 is 32.2 Å². The Kier molecular flexibility index (Phi) is 10.7. The van der Waals surface area contributed by atoms with E-state index in [9.17, 15) is 18.4 Å². The number of aromatic amines is 1. The molecule has 0 saturated carbocycles. The minimum atomic E-state index is -1.37. The minimum absolute atomic E-state index is 0.108. The van der Waals surface area contributed by atoms with Gasteiger partial charge in [0.25, 0.3) is 0 Å². The number of morpholine rings is 1. The third-order valence-electron chi connectivity index (χ3n) is 8.55. The first-order valence-electron chi connectivity index (χ1n) is 16.7. The number of aromatic nitrogens is 3. The number of hydrogen-bond donors (Lipinski definition) is 4. The van der Waals surface area contributed by atoms with Crippen LogP contribution in [0.5, 0.6) is 0 Å². The molecule has 4 N–H and O–H groups in total. The molecular weight excluding hydrogens is 661 g/mol. The lowest BCUT2D eigenvalue weighted by molar-refractivity contribution is -0.118. The van der Waals surface area contributed by atoms with Crippen LogP contribution in [0, 0.1) is 17.5 Å². The number of nitrogens with one attached hydrogen (secondary N) is 4. The van der Waals surface area contributed by atoms with Crippen molar-refractivity contribution >= 4 is 28.7 Å². The number of ether oxygens (including phenoxy) is 2. The molecule has 0 aliphatic carbocycles. The topological polar surface area (TPSA) is 130 Å². The van der Waals surface area contributed by atoms with Crippen LogP contribution in [0.3, 0.4) is 0 Å². The number of amides is 2. The van der Waals surface area contributed by atoms with Gasteiger partial charge in [0.1, 0.15) is 34.9 Å². The number of benzene rings is 3. The predicted octanol–water partition coefficient (Wildman–Crippen LogP) is 6.70. The number of fused-ring (bicyclic) bond motifs is 1. The van der Waals surface area contributed by atoms with Gasteiger partial charge in [0.15, 0.2) is 0 Å². The van der Waals surface area contributed by atoms with E-state index in [1.165, 1.54) is 54.7 Å². The molecule has 51 heavy (non-hydrogen) atoms. The number of carbonyl (C=O) groups is 2. The van der Waals surface area contributed by atoms with E-state index in [2.05, 4.69) is 30.9 Å². The molecule has 0 bridgehead atoms. The van der Waals surface area contributed by atoms with Crippen LogP contribution in [0.25, 0.3) is 11.0 Å². The molecule has 1 aliphatic heterocycles. The summed E-state index contributed by atoms with van der Waals surface area (Å²) >= 11 is 0. The van der Waals surface area contributed by atoms with E-state index >= 15 is 4.39 Å². The molecule has 3 heterocycles. The molecule has 1 aliphatic rings. The van der Waals surface area contributed by atoms with Gasteiger partial charge in [0.2, 0.25) is 5.91 Å². The van der Waals surface area contributed by atoms with E-state index in [-0.39, 0.29) is 29.8 Å². The normalized spacial score (nSPS) is 16.9. The maximum atomic E-state index is 15.4. The zero-order chi connectivity index (χ0) is 36.1. The summed E-state index contributed by atoms with van der Waals surface area (Å²) in [5, 5.41) is 8.87. The molecule has 0 spiro atoms. The van der Waals surface area contributed by atoms with Crippen molar-refractivity contribution in [1.82, 2.24) is 25.6 Å². The summed E-state index contributed by atoms with van der Waals surface area (Å²) in [7, 11) is 0. The summed E-state index contributed by atoms with van der Waals surface area (Å²) < 4.78 is 55.0. The number of para-hydroxylation sites is 2. The van der Waals surface area contributed by atoms with Gasteiger partial charge in [0.05, 0.1) is 47.9 Å². The van der Waals surface area contributed by atoms with Crippen LogP contribution in [0.2, 0.25) is 0 Å². The van der Waals surface area contributed by atoms with Gasteiger partial charge in [-0.25, -0.2) is 22.9 Å². The Morgan fingerprint density at radius 3 is 2.24 bits per heavy atom. The van der Waals surface area contributed by atoms with Gasteiger partial charge >= 0.3 is 6.09 Å². The molecule has 266 valence electrons. The molecule has 3 unspecified atom stereocenters. The third-order valence-corrected chi connectivity index (χ3v) is 8.55. The molecule has 5 aromatic rings. The summed E-state index contributed by atoms with van der Waals surface area (Å²) in [6.07, 6.45) is 1.90. The van der Waals surface area contributed by atoms with Crippen LogP contribution in [0.4, 0.5) is 23.7 Å².